The molecule has 180 valence electrons. The van der Waals surface area contributed by atoms with Crippen LogP contribution in [0.5, 0.6) is 0 Å². The van der Waals surface area contributed by atoms with Crippen LogP contribution in [0.1, 0.15) is 62.5 Å². The van der Waals surface area contributed by atoms with Gasteiger partial charge in [0.25, 0.3) is 0 Å². The van der Waals surface area contributed by atoms with E-state index in [1.807, 2.05) is 31.2 Å². The molecule has 1 saturated carbocycles. The normalized spacial score (nSPS) is 19.7. The van der Waals surface area contributed by atoms with Crippen LogP contribution in [-0.2, 0) is 14.3 Å². The molecule has 0 radical (unpaired) electrons. The molecule has 1 fully saturated rings. The first kappa shape index (κ1) is 23.8. The van der Waals surface area contributed by atoms with E-state index in [0.717, 1.165) is 17.5 Å². The molecule has 34 heavy (non-hydrogen) atoms. The number of rotatable bonds is 9. The molecule has 0 aromatic heterocycles. The molecule has 0 aliphatic heterocycles. The minimum Gasteiger partial charge on any atom is -0.481 e. The SMILES string of the molecule is CCC[C@@H](CC(=O)N[C@@H]1CC[C@H](C(=O)O)C1)NC(=O)OCC1c2ccccc2-c2ccccc21. The van der Waals surface area contributed by atoms with E-state index in [2.05, 4.69) is 34.9 Å². The highest BCUT2D eigenvalue weighted by Crippen LogP contribution is 2.44. The zero-order valence-corrected chi connectivity index (χ0v) is 19.5. The van der Waals surface area contributed by atoms with Crippen molar-refractivity contribution in [1.82, 2.24) is 10.6 Å². The zero-order chi connectivity index (χ0) is 24.1. The fraction of sp³-hybridized carbons (Fsp3) is 0.444. The number of benzene rings is 2. The lowest BCUT2D eigenvalue weighted by Crippen LogP contribution is -2.42. The summed E-state index contributed by atoms with van der Waals surface area (Å²) in [4.78, 5) is 36.3. The van der Waals surface area contributed by atoms with Gasteiger partial charge in [0.1, 0.15) is 6.61 Å². The van der Waals surface area contributed by atoms with Crippen molar-refractivity contribution in [3.05, 3.63) is 59.7 Å². The summed E-state index contributed by atoms with van der Waals surface area (Å²) in [6, 6.07) is 15.9. The monoisotopic (exact) mass is 464 g/mol. The van der Waals surface area contributed by atoms with E-state index in [-0.39, 0.29) is 36.9 Å². The van der Waals surface area contributed by atoms with E-state index < -0.39 is 18.0 Å². The van der Waals surface area contributed by atoms with Crippen LogP contribution in [0.15, 0.2) is 48.5 Å². The van der Waals surface area contributed by atoms with Gasteiger partial charge in [0.15, 0.2) is 0 Å². The third kappa shape index (κ3) is 5.41. The average Bonchev–Trinajstić information content (AvgIpc) is 3.41. The van der Waals surface area contributed by atoms with Crippen molar-refractivity contribution in [3.8, 4) is 11.1 Å². The summed E-state index contributed by atoms with van der Waals surface area (Å²) in [5, 5.41) is 14.9. The summed E-state index contributed by atoms with van der Waals surface area (Å²) in [5.74, 6) is -1.39. The molecular weight excluding hydrogens is 432 g/mol. The third-order valence-corrected chi connectivity index (χ3v) is 6.88. The molecule has 3 atom stereocenters. The standard InChI is InChI=1S/C27H32N2O5/c1-2-7-18(15-25(30)28-19-13-12-17(14-19)26(31)32)29-27(33)34-16-24-22-10-5-3-8-20(22)21-9-4-6-11-23(21)24/h3-6,8-11,17-19,24H,2,7,12-16H2,1H3,(H,28,30)(H,29,33)(H,31,32)/t17-,18-,19+/m0/s1. The van der Waals surface area contributed by atoms with E-state index >= 15 is 0 Å². The number of carboxylic acids is 1. The lowest BCUT2D eigenvalue weighted by atomic mass is 9.98. The highest BCUT2D eigenvalue weighted by Gasteiger charge is 2.31. The molecule has 0 heterocycles. The molecule has 2 aliphatic rings. The van der Waals surface area contributed by atoms with Crippen LogP contribution in [0.3, 0.4) is 0 Å². The number of aliphatic carboxylic acids is 1. The Morgan fingerprint density at radius 3 is 2.26 bits per heavy atom. The first-order chi connectivity index (χ1) is 16.5. The minimum absolute atomic E-state index is 0.0179. The molecule has 7 nitrogen and oxygen atoms in total. The van der Waals surface area contributed by atoms with Gasteiger partial charge in [-0.05, 0) is 47.9 Å². The van der Waals surface area contributed by atoms with Crippen LogP contribution in [0.4, 0.5) is 4.79 Å². The third-order valence-electron chi connectivity index (χ3n) is 6.88. The summed E-state index contributed by atoms with van der Waals surface area (Å²) in [6.45, 7) is 2.22. The maximum absolute atomic E-state index is 12.6. The number of carbonyl (C=O) groups excluding carboxylic acids is 2. The number of fused-ring (bicyclic) bond motifs is 3. The van der Waals surface area contributed by atoms with E-state index in [4.69, 9.17) is 9.84 Å². The molecule has 0 unspecified atom stereocenters. The fourth-order valence-electron chi connectivity index (χ4n) is 5.23. The van der Waals surface area contributed by atoms with Gasteiger partial charge in [-0.15, -0.1) is 0 Å². The van der Waals surface area contributed by atoms with Crippen LogP contribution in [0.2, 0.25) is 0 Å². The largest absolute Gasteiger partial charge is 0.481 e. The van der Waals surface area contributed by atoms with Crippen molar-refractivity contribution < 1.29 is 24.2 Å². The predicted octanol–water partition coefficient (Wildman–Crippen LogP) is 4.45. The summed E-state index contributed by atoms with van der Waals surface area (Å²) in [6.07, 6.45) is 2.79. The Morgan fingerprint density at radius 1 is 1.03 bits per heavy atom. The number of carboxylic acid groups (broad SMARTS) is 1. The van der Waals surface area contributed by atoms with Gasteiger partial charge in [0.2, 0.25) is 5.91 Å². The minimum atomic E-state index is -0.808. The lowest BCUT2D eigenvalue weighted by Gasteiger charge is -2.20. The molecule has 0 spiro atoms. The molecule has 2 amide bonds. The lowest BCUT2D eigenvalue weighted by molar-refractivity contribution is -0.141. The summed E-state index contributed by atoms with van der Waals surface area (Å²) in [7, 11) is 0. The van der Waals surface area contributed by atoms with Crippen LogP contribution in [0, 0.1) is 5.92 Å². The topological polar surface area (TPSA) is 105 Å². The van der Waals surface area contributed by atoms with Gasteiger partial charge in [0, 0.05) is 24.4 Å². The molecule has 2 aromatic carbocycles. The van der Waals surface area contributed by atoms with E-state index in [0.29, 0.717) is 25.7 Å². The van der Waals surface area contributed by atoms with E-state index in [9.17, 15) is 14.4 Å². The number of hydrogen-bond donors (Lipinski definition) is 3. The number of nitrogens with one attached hydrogen (secondary N) is 2. The van der Waals surface area contributed by atoms with Gasteiger partial charge in [-0.2, -0.15) is 0 Å². The van der Waals surface area contributed by atoms with E-state index in [1.165, 1.54) is 11.1 Å². The van der Waals surface area contributed by atoms with Crippen molar-refractivity contribution in [2.45, 2.75) is 63.5 Å². The Kier molecular flexibility index (Phi) is 7.50. The van der Waals surface area contributed by atoms with E-state index in [1.54, 1.807) is 0 Å². The molecular formula is C27H32N2O5. The number of ether oxygens (including phenoxy) is 1. The van der Waals surface area contributed by atoms with Crippen molar-refractivity contribution >= 4 is 18.0 Å². The number of alkyl carbamates (subject to hydrolysis) is 1. The highest BCUT2D eigenvalue weighted by atomic mass is 16.5. The Bertz CT molecular complexity index is 1010. The fourth-order valence-corrected chi connectivity index (χ4v) is 5.23. The van der Waals surface area contributed by atoms with Crippen molar-refractivity contribution in [2.75, 3.05) is 6.61 Å². The van der Waals surface area contributed by atoms with Gasteiger partial charge in [-0.3, -0.25) is 9.59 Å². The Morgan fingerprint density at radius 2 is 1.68 bits per heavy atom. The number of hydrogen-bond acceptors (Lipinski definition) is 4. The van der Waals surface area contributed by atoms with Gasteiger partial charge in [0.05, 0.1) is 5.92 Å². The smallest absolute Gasteiger partial charge is 0.407 e. The number of amides is 2. The van der Waals surface area contributed by atoms with Gasteiger partial charge >= 0.3 is 12.1 Å². The second-order valence-corrected chi connectivity index (χ2v) is 9.27. The quantitative estimate of drug-likeness (QED) is 0.508. The number of carbonyl (C=O) groups is 3. The Balaban J connectivity index is 1.30. The summed E-state index contributed by atoms with van der Waals surface area (Å²) >= 11 is 0. The molecule has 4 rings (SSSR count). The molecule has 3 N–H and O–H groups in total. The van der Waals surface area contributed by atoms with Crippen LogP contribution in [0.25, 0.3) is 11.1 Å². The van der Waals surface area contributed by atoms with Crippen molar-refractivity contribution in [2.24, 2.45) is 5.92 Å². The Labute approximate surface area is 199 Å². The first-order valence-corrected chi connectivity index (χ1v) is 12.1. The molecule has 7 heteroatoms. The van der Waals surface area contributed by atoms with Crippen LogP contribution < -0.4 is 10.6 Å². The van der Waals surface area contributed by atoms with Gasteiger partial charge in [-0.25, -0.2) is 4.79 Å². The zero-order valence-electron chi connectivity index (χ0n) is 19.5. The van der Waals surface area contributed by atoms with Gasteiger partial charge < -0.3 is 20.5 Å². The summed E-state index contributed by atoms with van der Waals surface area (Å²) in [5.41, 5.74) is 4.64. The summed E-state index contributed by atoms with van der Waals surface area (Å²) < 4.78 is 5.62. The molecule has 2 aliphatic carbocycles. The highest BCUT2D eigenvalue weighted by molar-refractivity contribution is 5.80. The first-order valence-electron chi connectivity index (χ1n) is 12.1. The second kappa shape index (κ2) is 10.7. The maximum atomic E-state index is 12.6. The maximum Gasteiger partial charge on any atom is 0.407 e. The Hall–Kier alpha value is -3.35. The second-order valence-electron chi connectivity index (χ2n) is 9.27. The molecule has 0 bridgehead atoms. The molecule has 0 saturated heterocycles. The average molecular weight is 465 g/mol. The van der Waals surface area contributed by atoms with Crippen LogP contribution in [-0.4, -0.2) is 41.8 Å². The predicted molar refractivity (Wildman–Crippen MR) is 128 cm³/mol. The van der Waals surface area contributed by atoms with Crippen molar-refractivity contribution in [1.29, 1.82) is 0 Å². The molecule has 2 aromatic rings. The van der Waals surface area contributed by atoms with Crippen LogP contribution >= 0.6 is 0 Å². The van der Waals surface area contributed by atoms with Gasteiger partial charge in [-0.1, -0.05) is 61.9 Å². The van der Waals surface area contributed by atoms with Crippen molar-refractivity contribution in [3.63, 3.8) is 0 Å².